The summed E-state index contributed by atoms with van der Waals surface area (Å²) in [7, 11) is -3.63. The molecule has 9 nitrogen and oxygen atoms in total. The summed E-state index contributed by atoms with van der Waals surface area (Å²) in [6, 6.07) is 13.2. The van der Waals surface area contributed by atoms with E-state index in [-0.39, 0.29) is 37.7 Å². The molecule has 0 saturated carbocycles. The fraction of sp³-hybridized carbons (Fsp3) is 0.375. The summed E-state index contributed by atoms with van der Waals surface area (Å²) >= 11 is 0. The van der Waals surface area contributed by atoms with E-state index < -0.39 is 27.9 Å². The van der Waals surface area contributed by atoms with Crippen LogP contribution in [0.1, 0.15) is 31.9 Å². The summed E-state index contributed by atoms with van der Waals surface area (Å²) < 4.78 is 26.9. The average molecular weight is 487 g/mol. The van der Waals surface area contributed by atoms with E-state index in [0.29, 0.717) is 11.4 Å². The van der Waals surface area contributed by atoms with E-state index in [0.717, 1.165) is 11.1 Å². The zero-order valence-corrected chi connectivity index (χ0v) is 20.4. The Bertz CT molecular complexity index is 1160. The quantitative estimate of drug-likeness (QED) is 0.594. The third-order valence-electron chi connectivity index (χ3n) is 5.73. The molecule has 2 N–H and O–H groups in total. The van der Waals surface area contributed by atoms with Crippen molar-refractivity contribution < 1.29 is 22.8 Å². The molecule has 182 valence electrons. The highest BCUT2D eigenvalue weighted by atomic mass is 32.2. The number of carbonyl (C=O) groups is 3. The van der Waals surface area contributed by atoms with Crippen LogP contribution in [0.25, 0.3) is 0 Å². The molecule has 0 radical (unpaired) electrons. The van der Waals surface area contributed by atoms with Gasteiger partial charge < -0.3 is 15.5 Å². The molecule has 10 heteroatoms. The summed E-state index contributed by atoms with van der Waals surface area (Å²) in [5, 5.41) is 5.38. The zero-order valence-electron chi connectivity index (χ0n) is 19.6. The number of nitrogens with zero attached hydrogens (tertiary/aromatic N) is 2. The topological polar surface area (TPSA) is 116 Å². The molecule has 1 heterocycles. The molecular formula is C24H30N4O5S. The van der Waals surface area contributed by atoms with E-state index in [9.17, 15) is 22.8 Å². The van der Waals surface area contributed by atoms with Crippen LogP contribution in [0.4, 0.5) is 11.4 Å². The Balaban J connectivity index is 1.74. The SMILES string of the molecule is CCN(CC(=O)Nc1ccc(NC(C)=O)cc1)C(=O)[C@@H]1Cc2ccccc2CN1S(=O)(=O)CC. The van der Waals surface area contributed by atoms with Gasteiger partial charge in [-0.3, -0.25) is 14.4 Å². The van der Waals surface area contributed by atoms with Crippen LogP contribution < -0.4 is 10.6 Å². The first-order chi connectivity index (χ1) is 16.1. The number of sulfonamides is 1. The van der Waals surface area contributed by atoms with Crippen LogP contribution in [-0.4, -0.2) is 60.2 Å². The second-order valence-electron chi connectivity index (χ2n) is 8.09. The average Bonchev–Trinajstić information content (AvgIpc) is 2.82. The van der Waals surface area contributed by atoms with Gasteiger partial charge in [0.05, 0.1) is 12.3 Å². The minimum Gasteiger partial charge on any atom is -0.332 e. The molecule has 0 fully saturated rings. The fourth-order valence-electron chi connectivity index (χ4n) is 3.94. The van der Waals surface area contributed by atoms with Crippen LogP contribution >= 0.6 is 0 Å². The van der Waals surface area contributed by atoms with Gasteiger partial charge >= 0.3 is 0 Å². The molecule has 34 heavy (non-hydrogen) atoms. The van der Waals surface area contributed by atoms with Crippen molar-refractivity contribution in [2.75, 3.05) is 29.5 Å². The number of fused-ring (bicyclic) bond motifs is 1. The molecule has 0 saturated heterocycles. The fourth-order valence-corrected chi connectivity index (χ4v) is 5.16. The van der Waals surface area contributed by atoms with E-state index in [1.807, 2.05) is 24.3 Å². The predicted molar refractivity (Wildman–Crippen MR) is 131 cm³/mol. The monoisotopic (exact) mass is 486 g/mol. The molecule has 0 bridgehead atoms. The van der Waals surface area contributed by atoms with Gasteiger partial charge in [-0.05, 0) is 55.7 Å². The van der Waals surface area contributed by atoms with E-state index in [4.69, 9.17) is 0 Å². The first kappa shape index (κ1) is 25.4. The molecule has 0 aliphatic carbocycles. The van der Waals surface area contributed by atoms with Crippen molar-refractivity contribution in [1.29, 1.82) is 0 Å². The lowest BCUT2D eigenvalue weighted by Crippen LogP contribution is -2.54. The molecule has 2 aromatic carbocycles. The second-order valence-corrected chi connectivity index (χ2v) is 10.3. The van der Waals surface area contributed by atoms with Crippen LogP contribution in [0.5, 0.6) is 0 Å². The molecule has 2 aromatic rings. The second kappa shape index (κ2) is 10.8. The van der Waals surface area contributed by atoms with Crippen molar-refractivity contribution >= 4 is 39.1 Å². The van der Waals surface area contributed by atoms with Crippen LogP contribution in [0.2, 0.25) is 0 Å². The van der Waals surface area contributed by atoms with Gasteiger partial charge in [0.15, 0.2) is 0 Å². The minimum atomic E-state index is -3.63. The lowest BCUT2D eigenvalue weighted by Gasteiger charge is -2.37. The van der Waals surface area contributed by atoms with Crippen molar-refractivity contribution in [3.05, 3.63) is 59.7 Å². The summed E-state index contributed by atoms with van der Waals surface area (Å²) in [6.07, 6.45) is 0.261. The molecule has 1 aliphatic heterocycles. The number of amides is 3. The summed E-state index contributed by atoms with van der Waals surface area (Å²) in [5.74, 6) is -1.10. The van der Waals surface area contributed by atoms with Crippen molar-refractivity contribution in [1.82, 2.24) is 9.21 Å². The van der Waals surface area contributed by atoms with Gasteiger partial charge in [-0.1, -0.05) is 24.3 Å². The summed E-state index contributed by atoms with van der Waals surface area (Å²) in [4.78, 5) is 38.6. The zero-order chi connectivity index (χ0) is 24.9. The number of hydrogen-bond donors (Lipinski definition) is 2. The van der Waals surface area contributed by atoms with Gasteiger partial charge in [0.25, 0.3) is 0 Å². The van der Waals surface area contributed by atoms with Crippen LogP contribution in [0.3, 0.4) is 0 Å². The Hall–Kier alpha value is -3.24. The van der Waals surface area contributed by atoms with Crippen molar-refractivity contribution in [3.8, 4) is 0 Å². The van der Waals surface area contributed by atoms with Crippen molar-refractivity contribution in [3.63, 3.8) is 0 Å². The van der Waals surface area contributed by atoms with E-state index in [2.05, 4.69) is 10.6 Å². The Kier molecular flexibility index (Phi) is 8.06. The molecule has 0 aromatic heterocycles. The maximum absolute atomic E-state index is 13.4. The van der Waals surface area contributed by atoms with E-state index >= 15 is 0 Å². The van der Waals surface area contributed by atoms with E-state index in [1.165, 1.54) is 16.1 Å². The minimum absolute atomic E-state index is 0.111. The highest BCUT2D eigenvalue weighted by Gasteiger charge is 2.39. The lowest BCUT2D eigenvalue weighted by atomic mass is 9.95. The highest BCUT2D eigenvalue weighted by Crippen LogP contribution is 2.27. The first-order valence-electron chi connectivity index (χ1n) is 11.2. The van der Waals surface area contributed by atoms with Crippen LogP contribution in [0.15, 0.2) is 48.5 Å². The maximum atomic E-state index is 13.4. The molecule has 0 unspecified atom stereocenters. The number of carbonyl (C=O) groups excluding carboxylic acids is 3. The first-order valence-corrected chi connectivity index (χ1v) is 12.8. The van der Waals surface area contributed by atoms with Gasteiger partial charge in [-0.15, -0.1) is 0 Å². The summed E-state index contributed by atoms with van der Waals surface area (Å²) in [5.41, 5.74) is 2.94. The normalized spacial score (nSPS) is 15.8. The Labute approximate surface area is 200 Å². The van der Waals surface area contributed by atoms with Gasteiger partial charge in [0.1, 0.15) is 6.04 Å². The third-order valence-corrected chi connectivity index (χ3v) is 7.56. The number of nitrogens with one attached hydrogen (secondary N) is 2. The highest BCUT2D eigenvalue weighted by molar-refractivity contribution is 7.89. The summed E-state index contributed by atoms with van der Waals surface area (Å²) in [6.45, 7) is 4.90. The predicted octanol–water partition coefficient (Wildman–Crippen LogP) is 2.21. The number of likely N-dealkylation sites (N-methyl/N-ethyl adjacent to an activating group) is 1. The molecule has 1 aliphatic rings. The Morgan fingerprint density at radius 1 is 0.971 bits per heavy atom. The standard InChI is InChI=1S/C24H30N4O5S/c1-4-27(16-23(30)26-21-12-10-20(11-13-21)25-17(3)29)24(31)22-14-18-8-6-7-9-19(18)15-28(22)34(32,33)5-2/h6-13,22H,4-5,14-16H2,1-3H3,(H,25,29)(H,26,30)/t22-/m0/s1. The molecule has 3 amide bonds. The Morgan fingerprint density at radius 2 is 1.56 bits per heavy atom. The molecule has 0 spiro atoms. The van der Waals surface area contributed by atoms with Gasteiger partial charge in [0, 0.05) is 31.4 Å². The van der Waals surface area contributed by atoms with Gasteiger partial charge in [-0.2, -0.15) is 4.31 Å². The molecular weight excluding hydrogens is 456 g/mol. The maximum Gasteiger partial charge on any atom is 0.243 e. The van der Waals surface area contributed by atoms with Crippen LogP contribution in [-0.2, 0) is 37.4 Å². The van der Waals surface area contributed by atoms with Gasteiger partial charge in [-0.25, -0.2) is 8.42 Å². The number of hydrogen-bond acceptors (Lipinski definition) is 5. The molecule has 1 atom stereocenters. The van der Waals surface area contributed by atoms with Gasteiger partial charge in [0.2, 0.25) is 27.7 Å². The molecule has 3 rings (SSSR count). The largest absolute Gasteiger partial charge is 0.332 e. The smallest absolute Gasteiger partial charge is 0.243 e. The number of benzene rings is 2. The van der Waals surface area contributed by atoms with Crippen LogP contribution in [0, 0.1) is 0 Å². The third kappa shape index (κ3) is 6.00. The lowest BCUT2D eigenvalue weighted by molar-refractivity contribution is -0.138. The van der Waals surface area contributed by atoms with E-state index in [1.54, 1.807) is 38.1 Å². The Morgan fingerprint density at radius 3 is 2.12 bits per heavy atom. The number of rotatable bonds is 8. The van der Waals surface area contributed by atoms with Crippen molar-refractivity contribution in [2.24, 2.45) is 0 Å². The van der Waals surface area contributed by atoms with Crippen molar-refractivity contribution in [2.45, 2.75) is 39.8 Å². The number of anilines is 2.